The number of unbranched alkanes of at least 4 members (excludes halogenated alkanes) is 1. The lowest BCUT2D eigenvalue weighted by molar-refractivity contribution is 0.0246. The molecule has 0 spiro atoms. The predicted molar refractivity (Wildman–Crippen MR) is 75.2 cm³/mol. The van der Waals surface area contributed by atoms with Crippen LogP contribution >= 0.6 is 0 Å². The fourth-order valence-electron chi connectivity index (χ4n) is 4.40. The third-order valence-corrected chi connectivity index (χ3v) is 5.16. The third-order valence-electron chi connectivity index (χ3n) is 5.16. The van der Waals surface area contributed by atoms with Crippen LogP contribution in [0.4, 0.5) is 0 Å². The number of hydrogen-bond donors (Lipinski definition) is 0. The molecule has 1 heteroatoms. The Bertz CT molecular complexity index is 226. The maximum atomic E-state index is 2.91. The molecule has 0 amide bonds. The van der Waals surface area contributed by atoms with E-state index in [-0.39, 0.29) is 0 Å². The molecule has 0 aromatic heterocycles. The first-order valence-corrected chi connectivity index (χ1v) is 8.03. The Balaban J connectivity index is 2.01. The van der Waals surface area contributed by atoms with Crippen molar-refractivity contribution in [1.29, 1.82) is 0 Å². The third kappa shape index (κ3) is 2.86. The van der Waals surface area contributed by atoms with E-state index in [1.807, 2.05) is 0 Å². The van der Waals surface area contributed by atoms with E-state index in [0.717, 1.165) is 23.9 Å². The summed E-state index contributed by atoms with van der Waals surface area (Å²) in [4.78, 5) is 2.91. The Morgan fingerprint density at radius 1 is 1.12 bits per heavy atom. The molecule has 0 aromatic rings. The standard InChI is InChI=1S/C16H31N/c1-4-6-9-15-13(3)12-14(8-5-2)16-10-7-11-17(15)16/h13-16H,4-12H2,1-3H3. The van der Waals surface area contributed by atoms with Gasteiger partial charge in [-0.3, -0.25) is 4.90 Å². The average Bonchev–Trinajstić information content (AvgIpc) is 2.78. The minimum atomic E-state index is 0.913. The van der Waals surface area contributed by atoms with Gasteiger partial charge in [-0.05, 0) is 50.5 Å². The lowest BCUT2D eigenvalue weighted by Gasteiger charge is -2.46. The second-order valence-electron chi connectivity index (χ2n) is 6.42. The van der Waals surface area contributed by atoms with E-state index in [1.165, 1.54) is 57.9 Å². The largest absolute Gasteiger partial charge is 0.297 e. The van der Waals surface area contributed by atoms with Crippen LogP contribution in [0.15, 0.2) is 0 Å². The van der Waals surface area contributed by atoms with Gasteiger partial charge in [0.25, 0.3) is 0 Å². The number of fused-ring (bicyclic) bond motifs is 1. The van der Waals surface area contributed by atoms with Crippen molar-refractivity contribution >= 4 is 0 Å². The molecule has 1 nitrogen and oxygen atoms in total. The SMILES string of the molecule is CCCCC1C(C)CC(CCC)C2CCCN12. The van der Waals surface area contributed by atoms with Crippen LogP contribution in [0.1, 0.15) is 72.1 Å². The van der Waals surface area contributed by atoms with E-state index >= 15 is 0 Å². The molecule has 100 valence electrons. The summed E-state index contributed by atoms with van der Waals surface area (Å²) >= 11 is 0. The second kappa shape index (κ2) is 6.22. The van der Waals surface area contributed by atoms with Crippen LogP contribution in [-0.4, -0.2) is 23.5 Å². The van der Waals surface area contributed by atoms with Crippen LogP contribution < -0.4 is 0 Å². The van der Waals surface area contributed by atoms with Crippen molar-refractivity contribution in [3.8, 4) is 0 Å². The zero-order chi connectivity index (χ0) is 12.3. The molecule has 2 rings (SSSR count). The van der Waals surface area contributed by atoms with Crippen LogP contribution in [0.2, 0.25) is 0 Å². The molecule has 4 unspecified atom stereocenters. The summed E-state index contributed by atoms with van der Waals surface area (Å²) in [6, 6.07) is 1.86. The van der Waals surface area contributed by atoms with Crippen LogP contribution in [0.3, 0.4) is 0 Å². The van der Waals surface area contributed by atoms with Crippen molar-refractivity contribution in [3.05, 3.63) is 0 Å². The van der Waals surface area contributed by atoms with Gasteiger partial charge in [0.1, 0.15) is 0 Å². The quantitative estimate of drug-likeness (QED) is 0.682. The molecule has 17 heavy (non-hydrogen) atoms. The summed E-state index contributed by atoms with van der Waals surface area (Å²) in [5, 5.41) is 0. The predicted octanol–water partition coefficient (Wildman–Crippen LogP) is 4.47. The number of rotatable bonds is 5. The van der Waals surface area contributed by atoms with E-state index in [2.05, 4.69) is 25.7 Å². The molecule has 2 aliphatic rings. The van der Waals surface area contributed by atoms with Crippen molar-refractivity contribution in [2.75, 3.05) is 6.54 Å². The van der Waals surface area contributed by atoms with E-state index in [0.29, 0.717) is 0 Å². The number of hydrogen-bond acceptors (Lipinski definition) is 1. The topological polar surface area (TPSA) is 3.24 Å². The van der Waals surface area contributed by atoms with Crippen molar-refractivity contribution in [1.82, 2.24) is 4.90 Å². The highest BCUT2D eigenvalue weighted by Gasteiger charge is 2.42. The summed E-state index contributed by atoms with van der Waals surface area (Å²) in [6.07, 6.45) is 11.5. The lowest BCUT2D eigenvalue weighted by Crippen LogP contribution is -2.51. The first kappa shape index (κ1) is 13.4. The summed E-state index contributed by atoms with van der Waals surface area (Å²) in [6.45, 7) is 8.59. The van der Waals surface area contributed by atoms with Crippen molar-refractivity contribution in [2.45, 2.75) is 84.2 Å². The summed E-state index contributed by atoms with van der Waals surface area (Å²) in [5.74, 6) is 1.95. The molecule has 2 aliphatic heterocycles. The van der Waals surface area contributed by atoms with E-state index < -0.39 is 0 Å². The van der Waals surface area contributed by atoms with Gasteiger partial charge < -0.3 is 0 Å². The number of piperidine rings is 1. The Labute approximate surface area is 108 Å². The van der Waals surface area contributed by atoms with Gasteiger partial charge in [0.15, 0.2) is 0 Å². The van der Waals surface area contributed by atoms with E-state index in [4.69, 9.17) is 0 Å². The van der Waals surface area contributed by atoms with E-state index in [1.54, 1.807) is 0 Å². The van der Waals surface area contributed by atoms with Gasteiger partial charge in [-0.1, -0.05) is 40.0 Å². The fraction of sp³-hybridized carbons (Fsp3) is 1.00. The molecule has 2 saturated heterocycles. The molecular weight excluding hydrogens is 206 g/mol. The Kier molecular flexibility index (Phi) is 4.90. The molecular formula is C16H31N. The fourth-order valence-corrected chi connectivity index (χ4v) is 4.40. The Morgan fingerprint density at radius 2 is 1.94 bits per heavy atom. The first-order chi connectivity index (χ1) is 8.27. The van der Waals surface area contributed by atoms with Gasteiger partial charge in [0, 0.05) is 12.1 Å². The zero-order valence-corrected chi connectivity index (χ0v) is 12.1. The highest BCUT2D eigenvalue weighted by atomic mass is 15.2. The van der Waals surface area contributed by atoms with Crippen LogP contribution in [0.5, 0.6) is 0 Å². The van der Waals surface area contributed by atoms with Gasteiger partial charge in [-0.15, -0.1) is 0 Å². The molecule has 0 bridgehead atoms. The van der Waals surface area contributed by atoms with Crippen molar-refractivity contribution in [2.24, 2.45) is 11.8 Å². The first-order valence-electron chi connectivity index (χ1n) is 8.03. The molecule has 2 heterocycles. The Hall–Kier alpha value is -0.0400. The average molecular weight is 237 g/mol. The molecule has 0 radical (unpaired) electrons. The van der Waals surface area contributed by atoms with Gasteiger partial charge >= 0.3 is 0 Å². The minimum Gasteiger partial charge on any atom is -0.297 e. The van der Waals surface area contributed by atoms with Crippen molar-refractivity contribution < 1.29 is 0 Å². The maximum Gasteiger partial charge on any atom is 0.0127 e. The molecule has 0 saturated carbocycles. The zero-order valence-electron chi connectivity index (χ0n) is 12.1. The molecule has 0 N–H and O–H groups in total. The normalized spacial score (nSPS) is 38.3. The summed E-state index contributed by atoms with van der Waals surface area (Å²) in [5.41, 5.74) is 0. The molecule has 0 aromatic carbocycles. The molecule has 2 fully saturated rings. The van der Waals surface area contributed by atoms with Gasteiger partial charge in [-0.2, -0.15) is 0 Å². The Morgan fingerprint density at radius 3 is 2.65 bits per heavy atom. The number of nitrogens with zero attached hydrogens (tertiary/aromatic N) is 1. The highest BCUT2D eigenvalue weighted by Crippen LogP contribution is 2.41. The van der Waals surface area contributed by atoms with Gasteiger partial charge in [0.05, 0.1) is 0 Å². The summed E-state index contributed by atoms with van der Waals surface area (Å²) < 4.78 is 0. The summed E-state index contributed by atoms with van der Waals surface area (Å²) in [7, 11) is 0. The van der Waals surface area contributed by atoms with Crippen molar-refractivity contribution in [3.63, 3.8) is 0 Å². The van der Waals surface area contributed by atoms with Crippen LogP contribution in [0, 0.1) is 11.8 Å². The maximum absolute atomic E-state index is 2.91. The van der Waals surface area contributed by atoms with Crippen LogP contribution in [-0.2, 0) is 0 Å². The van der Waals surface area contributed by atoms with Gasteiger partial charge in [-0.25, -0.2) is 0 Å². The molecule has 0 aliphatic carbocycles. The molecule has 4 atom stereocenters. The van der Waals surface area contributed by atoms with Gasteiger partial charge in [0.2, 0.25) is 0 Å². The lowest BCUT2D eigenvalue weighted by atomic mass is 9.76. The smallest absolute Gasteiger partial charge is 0.0127 e. The van der Waals surface area contributed by atoms with Crippen LogP contribution in [0.25, 0.3) is 0 Å². The monoisotopic (exact) mass is 237 g/mol. The minimum absolute atomic E-state index is 0.913. The van der Waals surface area contributed by atoms with E-state index in [9.17, 15) is 0 Å². The second-order valence-corrected chi connectivity index (χ2v) is 6.42. The highest BCUT2D eigenvalue weighted by molar-refractivity contribution is 4.96.